The number of hydrogen-bond donors (Lipinski definition) is 2. The molecule has 0 bridgehead atoms. The number of benzene rings is 1. The monoisotopic (exact) mass is 435 g/mol. The molecule has 0 spiro atoms. The van der Waals surface area contributed by atoms with Crippen LogP contribution in [0.4, 0.5) is 0 Å². The number of rotatable bonds is 5. The molecule has 30 heavy (non-hydrogen) atoms. The average molecular weight is 436 g/mol. The number of carboxylic acid groups (broad SMARTS) is 2. The zero-order valence-electron chi connectivity index (χ0n) is 16.7. The predicted octanol–water partition coefficient (Wildman–Crippen LogP) is 0.807. The van der Waals surface area contributed by atoms with E-state index in [0.717, 1.165) is 0 Å². The molecule has 4 rings (SSSR count). The Morgan fingerprint density at radius 2 is 1.77 bits per heavy atom. The first-order valence-electron chi connectivity index (χ1n) is 9.91. The highest BCUT2D eigenvalue weighted by atomic mass is 32.2. The number of carbonyl (C=O) groups is 2. The Kier molecular flexibility index (Phi) is 5.33. The number of aliphatic carboxylic acids is 1. The number of aryl methyl sites for hydroxylation is 1. The van der Waals surface area contributed by atoms with Gasteiger partial charge in [0.25, 0.3) is 0 Å². The first kappa shape index (κ1) is 20.8. The molecule has 162 valence electrons. The van der Waals surface area contributed by atoms with Crippen LogP contribution in [0.25, 0.3) is 10.9 Å². The number of nitrogens with zero attached hydrogens (tertiary/aromatic N) is 3. The van der Waals surface area contributed by atoms with Crippen LogP contribution in [-0.2, 0) is 21.7 Å². The minimum atomic E-state index is -2.99. The molecule has 2 saturated heterocycles. The van der Waals surface area contributed by atoms with Gasteiger partial charge in [0.2, 0.25) is 0 Å². The summed E-state index contributed by atoms with van der Waals surface area (Å²) in [7, 11) is -1.35. The minimum Gasteiger partial charge on any atom is -0.480 e. The largest absolute Gasteiger partial charge is 0.480 e. The standard InChI is InChI=1S/C20H25N3O6S/c1-21-15-5-3-2-4-14(15)16(17(21)19(24)25)18(20(26)27)23-9-7-22(8-10-23)13-6-11-30(28,29)12-13/h2-5,13,18H,6-12H2,1H3,(H,24,25)(H,26,27)/t13-,18+/m0/s1. The van der Waals surface area contributed by atoms with Crippen molar-refractivity contribution in [3.63, 3.8) is 0 Å². The second-order valence-electron chi connectivity index (χ2n) is 8.01. The minimum absolute atomic E-state index is 0.0204. The Morgan fingerprint density at radius 1 is 1.10 bits per heavy atom. The van der Waals surface area contributed by atoms with Crippen LogP contribution in [-0.4, -0.2) is 88.7 Å². The summed E-state index contributed by atoms with van der Waals surface area (Å²) in [5, 5.41) is 20.5. The van der Waals surface area contributed by atoms with Crippen molar-refractivity contribution < 1.29 is 28.2 Å². The predicted molar refractivity (Wildman–Crippen MR) is 110 cm³/mol. The van der Waals surface area contributed by atoms with E-state index in [1.54, 1.807) is 36.2 Å². The smallest absolute Gasteiger partial charge is 0.352 e. The van der Waals surface area contributed by atoms with Gasteiger partial charge in [-0.25, -0.2) is 13.2 Å². The van der Waals surface area contributed by atoms with Gasteiger partial charge in [0.15, 0.2) is 9.84 Å². The van der Waals surface area contributed by atoms with Crippen molar-refractivity contribution in [3.05, 3.63) is 35.5 Å². The third-order valence-electron chi connectivity index (χ3n) is 6.29. The first-order valence-corrected chi connectivity index (χ1v) is 11.7. The number of piperazine rings is 1. The van der Waals surface area contributed by atoms with E-state index in [-0.39, 0.29) is 23.2 Å². The molecule has 2 fully saturated rings. The quantitative estimate of drug-likeness (QED) is 0.708. The van der Waals surface area contributed by atoms with E-state index in [1.807, 2.05) is 0 Å². The fourth-order valence-corrected chi connectivity index (χ4v) is 6.61. The maximum Gasteiger partial charge on any atom is 0.352 e. The van der Waals surface area contributed by atoms with Gasteiger partial charge in [-0.05, 0) is 12.5 Å². The van der Waals surface area contributed by atoms with Gasteiger partial charge in [0.05, 0.1) is 11.5 Å². The zero-order chi connectivity index (χ0) is 21.6. The lowest BCUT2D eigenvalue weighted by molar-refractivity contribution is -0.144. The lowest BCUT2D eigenvalue weighted by Gasteiger charge is -2.40. The van der Waals surface area contributed by atoms with Crippen molar-refractivity contribution >= 4 is 32.7 Å². The van der Waals surface area contributed by atoms with Crippen molar-refractivity contribution in [1.82, 2.24) is 14.4 Å². The van der Waals surface area contributed by atoms with Crippen LogP contribution in [0.2, 0.25) is 0 Å². The van der Waals surface area contributed by atoms with E-state index in [2.05, 4.69) is 4.90 Å². The first-order chi connectivity index (χ1) is 14.2. The number of aromatic nitrogens is 1. The third-order valence-corrected chi connectivity index (χ3v) is 8.05. The molecule has 3 heterocycles. The van der Waals surface area contributed by atoms with Gasteiger partial charge in [-0.2, -0.15) is 0 Å². The SMILES string of the molecule is Cn1c(C(=O)O)c([C@H](C(=O)O)N2CCN([C@H]3CCS(=O)(=O)C3)CC2)c2ccccc21. The number of para-hydroxylation sites is 1. The lowest BCUT2D eigenvalue weighted by atomic mass is 10.00. The van der Waals surface area contributed by atoms with Crippen molar-refractivity contribution in [2.24, 2.45) is 7.05 Å². The number of sulfone groups is 1. The molecular weight excluding hydrogens is 410 g/mol. The van der Waals surface area contributed by atoms with Gasteiger partial charge in [0.1, 0.15) is 11.7 Å². The highest BCUT2D eigenvalue weighted by Gasteiger charge is 2.39. The molecule has 0 aliphatic carbocycles. The van der Waals surface area contributed by atoms with Crippen molar-refractivity contribution in [1.29, 1.82) is 0 Å². The van der Waals surface area contributed by atoms with E-state index in [0.29, 0.717) is 49.1 Å². The second kappa shape index (κ2) is 7.68. The molecule has 2 aliphatic heterocycles. The summed E-state index contributed by atoms with van der Waals surface area (Å²) < 4.78 is 25.1. The number of aromatic carboxylic acids is 1. The summed E-state index contributed by atoms with van der Waals surface area (Å²) in [5.41, 5.74) is 0.948. The maximum absolute atomic E-state index is 12.3. The van der Waals surface area contributed by atoms with E-state index < -0.39 is 27.8 Å². The average Bonchev–Trinajstić information content (AvgIpc) is 3.20. The fourth-order valence-electron chi connectivity index (χ4n) is 4.84. The van der Waals surface area contributed by atoms with Crippen LogP contribution in [0.15, 0.2) is 24.3 Å². The molecular formula is C20H25N3O6S. The summed E-state index contributed by atoms with van der Waals surface area (Å²) in [5.74, 6) is -1.90. The molecule has 1 aromatic carbocycles. The van der Waals surface area contributed by atoms with E-state index >= 15 is 0 Å². The van der Waals surface area contributed by atoms with Gasteiger partial charge in [-0.1, -0.05) is 18.2 Å². The van der Waals surface area contributed by atoms with Crippen LogP contribution in [0.5, 0.6) is 0 Å². The Balaban J connectivity index is 1.64. The maximum atomic E-state index is 12.3. The van der Waals surface area contributed by atoms with Crippen LogP contribution >= 0.6 is 0 Å². The summed E-state index contributed by atoms with van der Waals surface area (Å²) in [4.78, 5) is 28.2. The van der Waals surface area contributed by atoms with E-state index in [4.69, 9.17) is 0 Å². The molecule has 0 unspecified atom stereocenters. The van der Waals surface area contributed by atoms with E-state index in [9.17, 15) is 28.2 Å². The molecule has 10 heteroatoms. The molecule has 2 aromatic rings. The Hall–Kier alpha value is -2.43. The molecule has 2 aliphatic rings. The normalized spacial score (nSPS) is 23.6. The fraction of sp³-hybridized carbons (Fsp3) is 0.500. The topological polar surface area (TPSA) is 120 Å². The highest BCUT2D eigenvalue weighted by Crippen LogP contribution is 2.35. The molecule has 1 aromatic heterocycles. The molecule has 0 amide bonds. The molecule has 0 radical (unpaired) electrons. The van der Waals surface area contributed by atoms with Crippen molar-refractivity contribution in [2.75, 3.05) is 37.7 Å². The van der Waals surface area contributed by atoms with Crippen LogP contribution < -0.4 is 0 Å². The van der Waals surface area contributed by atoms with Crippen LogP contribution in [0, 0.1) is 0 Å². The Labute approximate surface area is 174 Å². The third kappa shape index (κ3) is 3.59. The number of carboxylic acids is 2. The van der Waals surface area contributed by atoms with Gasteiger partial charge < -0.3 is 14.8 Å². The summed E-state index contributed by atoms with van der Waals surface area (Å²) in [6.45, 7) is 1.96. The van der Waals surface area contributed by atoms with Crippen molar-refractivity contribution in [3.8, 4) is 0 Å². The van der Waals surface area contributed by atoms with Gasteiger partial charge in [-0.15, -0.1) is 0 Å². The molecule has 9 nitrogen and oxygen atoms in total. The number of hydrogen-bond acceptors (Lipinski definition) is 6. The van der Waals surface area contributed by atoms with Crippen molar-refractivity contribution in [2.45, 2.75) is 18.5 Å². The lowest BCUT2D eigenvalue weighted by Crippen LogP contribution is -2.52. The highest BCUT2D eigenvalue weighted by molar-refractivity contribution is 7.91. The van der Waals surface area contributed by atoms with Gasteiger partial charge >= 0.3 is 11.9 Å². The van der Waals surface area contributed by atoms with Gasteiger partial charge in [0, 0.05) is 55.7 Å². The second-order valence-corrected chi connectivity index (χ2v) is 10.2. The summed E-state index contributed by atoms with van der Waals surface area (Å²) in [6.07, 6.45) is 0.608. The molecule has 2 atom stereocenters. The summed E-state index contributed by atoms with van der Waals surface area (Å²) in [6, 6.07) is 6.00. The van der Waals surface area contributed by atoms with E-state index in [1.165, 1.54) is 4.57 Å². The summed E-state index contributed by atoms with van der Waals surface area (Å²) >= 11 is 0. The van der Waals surface area contributed by atoms with Gasteiger partial charge in [-0.3, -0.25) is 14.6 Å². The van der Waals surface area contributed by atoms with Crippen LogP contribution in [0.3, 0.4) is 0 Å². The van der Waals surface area contributed by atoms with Crippen LogP contribution in [0.1, 0.15) is 28.5 Å². The molecule has 0 saturated carbocycles. The Bertz CT molecular complexity index is 1100. The molecule has 2 N–H and O–H groups in total. The zero-order valence-corrected chi connectivity index (χ0v) is 17.5. The number of fused-ring (bicyclic) bond motifs is 1. The Morgan fingerprint density at radius 3 is 2.33 bits per heavy atom.